The summed E-state index contributed by atoms with van der Waals surface area (Å²) in [6.07, 6.45) is -3.30. The Morgan fingerprint density at radius 2 is 1.72 bits per heavy atom. The van der Waals surface area contributed by atoms with Gasteiger partial charge in [0.1, 0.15) is 11.4 Å². The van der Waals surface area contributed by atoms with Gasteiger partial charge in [-0.1, -0.05) is 36.4 Å². The molecule has 1 saturated heterocycles. The zero-order valence-corrected chi connectivity index (χ0v) is 19.7. The van der Waals surface area contributed by atoms with Gasteiger partial charge in [-0.05, 0) is 57.4 Å². The minimum Gasteiger partial charge on any atom is -0.449 e. The second-order valence-electron chi connectivity index (χ2n) is 7.59. The summed E-state index contributed by atoms with van der Waals surface area (Å²) in [5, 5.41) is 13.8. The SMILES string of the molecule is O=C1N/C(=C/c2ccc(Oc3ccc(C(F)(F)F)cc3[N+](=O)[O-])c(Br)c2)C(=O)N1Cc1ccccc1. The normalized spacial score (nSPS) is 14.8. The van der Waals surface area contributed by atoms with Crippen LogP contribution in [0.3, 0.4) is 0 Å². The highest BCUT2D eigenvalue weighted by atomic mass is 79.9. The number of carbonyl (C=O) groups excluding carboxylic acids is 2. The Morgan fingerprint density at radius 1 is 1.03 bits per heavy atom. The molecule has 36 heavy (non-hydrogen) atoms. The van der Waals surface area contributed by atoms with Crippen molar-refractivity contribution in [3.8, 4) is 11.5 Å². The Balaban J connectivity index is 1.54. The second kappa shape index (κ2) is 9.82. The Hall–Kier alpha value is -4.19. The maximum absolute atomic E-state index is 12.9. The Kier molecular flexibility index (Phi) is 6.80. The fourth-order valence-electron chi connectivity index (χ4n) is 3.38. The Labute approximate surface area is 210 Å². The molecule has 4 rings (SSSR count). The van der Waals surface area contributed by atoms with E-state index in [0.717, 1.165) is 16.5 Å². The summed E-state index contributed by atoms with van der Waals surface area (Å²) < 4.78 is 44.6. The molecule has 1 aliphatic rings. The average molecular weight is 562 g/mol. The van der Waals surface area contributed by atoms with Crippen LogP contribution < -0.4 is 10.1 Å². The van der Waals surface area contributed by atoms with E-state index in [4.69, 9.17) is 4.74 Å². The second-order valence-corrected chi connectivity index (χ2v) is 8.45. The van der Waals surface area contributed by atoms with Gasteiger partial charge in [-0.25, -0.2) is 4.79 Å². The van der Waals surface area contributed by atoms with Crippen molar-refractivity contribution in [1.29, 1.82) is 0 Å². The largest absolute Gasteiger partial charge is 0.449 e. The van der Waals surface area contributed by atoms with Gasteiger partial charge in [0.15, 0.2) is 0 Å². The van der Waals surface area contributed by atoms with Crippen molar-refractivity contribution in [1.82, 2.24) is 10.2 Å². The zero-order valence-electron chi connectivity index (χ0n) is 18.1. The molecule has 8 nitrogen and oxygen atoms in total. The summed E-state index contributed by atoms with van der Waals surface area (Å²) in [5.41, 5.74) is -0.701. The monoisotopic (exact) mass is 561 g/mol. The van der Waals surface area contributed by atoms with Crippen LogP contribution in [0, 0.1) is 10.1 Å². The molecule has 1 aliphatic heterocycles. The predicted molar refractivity (Wildman–Crippen MR) is 126 cm³/mol. The first-order chi connectivity index (χ1) is 17.0. The minimum absolute atomic E-state index is 0.0508. The zero-order chi connectivity index (χ0) is 26.0. The van der Waals surface area contributed by atoms with E-state index in [1.165, 1.54) is 24.3 Å². The van der Waals surface area contributed by atoms with Gasteiger partial charge in [0.2, 0.25) is 5.75 Å². The third kappa shape index (κ3) is 5.38. The van der Waals surface area contributed by atoms with E-state index in [0.29, 0.717) is 22.2 Å². The molecular formula is C24H15BrF3N3O5. The molecule has 1 heterocycles. The number of nitrogens with zero attached hydrogens (tertiary/aromatic N) is 2. The molecule has 0 radical (unpaired) electrons. The molecule has 1 N–H and O–H groups in total. The fourth-order valence-corrected chi connectivity index (χ4v) is 3.86. The highest BCUT2D eigenvalue weighted by Gasteiger charge is 2.34. The van der Waals surface area contributed by atoms with Crippen molar-refractivity contribution < 1.29 is 32.4 Å². The number of hydrogen-bond acceptors (Lipinski definition) is 5. The first-order valence-corrected chi connectivity index (χ1v) is 11.0. The van der Waals surface area contributed by atoms with Crippen LogP contribution in [-0.2, 0) is 17.5 Å². The van der Waals surface area contributed by atoms with Crippen molar-refractivity contribution >= 4 is 39.6 Å². The first-order valence-electron chi connectivity index (χ1n) is 10.2. The van der Waals surface area contributed by atoms with Gasteiger partial charge in [-0.15, -0.1) is 0 Å². The summed E-state index contributed by atoms with van der Waals surface area (Å²) >= 11 is 3.26. The van der Waals surface area contributed by atoms with Crippen LogP contribution in [0.15, 0.2) is 76.9 Å². The summed E-state index contributed by atoms with van der Waals surface area (Å²) in [5.74, 6) is -0.803. The van der Waals surface area contributed by atoms with Gasteiger partial charge in [0, 0.05) is 6.07 Å². The lowest BCUT2D eigenvalue weighted by Gasteiger charge is -2.12. The number of amides is 3. The van der Waals surface area contributed by atoms with Crippen molar-refractivity contribution in [2.45, 2.75) is 12.7 Å². The maximum atomic E-state index is 12.9. The van der Waals surface area contributed by atoms with E-state index < -0.39 is 34.3 Å². The number of benzene rings is 3. The molecule has 0 aliphatic carbocycles. The number of carbonyl (C=O) groups is 2. The van der Waals surface area contributed by atoms with Gasteiger partial charge in [0.25, 0.3) is 5.91 Å². The van der Waals surface area contributed by atoms with Crippen molar-refractivity contribution in [2.75, 3.05) is 0 Å². The Morgan fingerprint density at radius 3 is 2.36 bits per heavy atom. The van der Waals surface area contributed by atoms with Crippen molar-refractivity contribution in [2.24, 2.45) is 0 Å². The average Bonchev–Trinajstić information content (AvgIpc) is 3.08. The minimum atomic E-state index is -4.75. The van der Waals surface area contributed by atoms with Gasteiger partial charge < -0.3 is 10.1 Å². The molecular weight excluding hydrogens is 547 g/mol. The molecule has 0 unspecified atom stereocenters. The molecule has 12 heteroatoms. The number of nitro benzene ring substituents is 1. The number of nitro groups is 1. The number of nitrogens with one attached hydrogen (secondary N) is 1. The number of alkyl halides is 3. The lowest BCUT2D eigenvalue weighted by atomic mass is 10.1. The van der Waals surface area contributed by atoms with Crippen molar-refractivity contribution in [3.05, 3.63) is 104 Å². The van der Waals surface area contributed by atoms with Gasteiger partial charge >= 0.3 is 17.9 Å². The fraction of sp³-hybridized carbons (Fsp3) is 0.0833. The molecule has 3 aromatic rings. The smallest absolute Gasteiger partial charge is 0.416 e. The third-order valence-corrected chi connectivity index (χ3v) is 5.74. The molecule has 0 aromatic heterocycles. The molecule has 3 amide bonds. The van der Waals surface area contributed by atoms with Crippen molar-refractivity contribution in [3.63, 3.8) is 0 Å². The van der Waals surface area contributed by atoms with Gasteiger partial charge in [-0.3, -0.25) is 19.8 Å². The summed E-state index contributed by atoms with van der Waals surface area (Å²) in [4.78, 5) is 36.4. The lowest BCUT2D eigenvalue weighted by Crippen LogP contribution is -2.30. The standard InChI is InChI=1S/C24H15BrF3N3O5/c25-17-10-15(11-18-22(32)30(23(33)29-18)13-14-4-2-1-3-5-14)6-8-20(17)36-21-9-7-16(24(26,27)28)12-19(21)31(34)35/h1-12H,13H2,(H,29,33)/b18-11+. The quantitative estimate of drug-likeness (QED) is 0.165. The number of halogens is 4. The van der Waals surface area contributed by atoms with Crippen LogP contribution >= 0.6 is 15.9 Å². The van der Waals surface area contributed by atoms with Crippen LogP contribution in [0.4, 0.5) is 23.7 Å². The van der Waals surface area contributed by atoms with Crippen LogP contribution in [0.25, 0.3) is 6.08 Å². The van der Waals surface area contributed by atoms with Crippen LogP contribution in [0.1, 0.15) is 16.7 Å². The predicted octanol–water partition coefficient (Wildman–Crippen LogP) is 6.26. The lowest BCUT2D eigenvalue weighted by molar-refractivity contribution is -0.385. The molecule has 0 bridgehead atoms. The van der Waals surface area contributed by atoms with Gasteiger partial charge in [0.05, 0.1) is 21.5 Å². The molecule has 3 aromatic carbocycles. The van der Waals surface area contributed by atoms with E-state index >= 15 is 0 Å². The van der Waals surface area contributed by atoms with Crippen LogP contribution in [-0.4, -0.2) is 21.8 Å². The number of rotatable bonds is 6. The highest BCUT2D eigenvalue weighted by molar-refractivity contribution is 9.10. The third-order valence-electron chi connectivity index (χ3n) is 5.12. The van der Waals surface area contributed by atoms with E-state index in [-0.39, 0.29) is 23.7 Å². The molecule has 0 atom stereocenters. The first kappa shape index (κ1) is 24.9. The number of hydrogen-bond donors (Lipinski definition) is 1. The molecule has 0 saturated carbocycles. The van der Waals surface area contributed by atoms with E-state index in [9.17, 15) is 32.9 Å². The summed E-state index contributed by atoms with van der Waals surface area (Å²) in [6.45, 7) is 0.102. The molecule has 1 fully saturated rings. The number of urea groups is 1. The summed E-state index contributed by atoms with van der Waals surface area (Å²) in [7, 11) is 0. The maximum Gasteiger partial charge on any atom is 0.416 e. The van der Waals surface area contributed by atoms with Gasteiger partial charge in [-0.2, -0.15) is 13.2 Å². The number of imide groups is 1. The Bertz CT molecular complexity index is 1390. The molecule has 0 spiro atoms. The van der Waals surface area contributed by atoms with E-state index in [1.54, 1.807) is 24.3 Å². The highest BCUT2D eigenvalue weighted by Crippen LogP contribution is 2.39. The van der Waals surface area contributed by atoms with Crippen LogP contribution in [0.2, 0.25) is 0 Å². The summed E-state index contributed by atoms with van der Waals surface area (Å²) in [6, 6.07) is 14.8. The van der Waals surface area contributed by atoms with E-state index in [2.05, 4.69) is 21.2 Å². The van der Waals surface area contributed by atoms with E-state index in [1.807, 2.05) is 6.07 Å². The van der Waals surface area contributed by atoms with Crippen LogP contribution in [0.5, 0.6) is 11.5 Å². The number of ether oxygens (including phenoxy) is 1. The topological polar surface area (TPSA) is 102 Å². The molecule has 184 valence electrons.